The summed E-state index contributed by atoms with van der Waals surface area (Å²) in [5.41, 5.74) is 0.584. The smallest absolute Gasteiger partial charge is 0.260 e. The topological polar surface area (TPSA) is 40.6 Å². The van der Waals surface area contributed by atoms with Crippen molar-refractivity contribution >= 4 is 34.9 Å². The highest BCUT2D eigenvalue weighted by molar-refractivity contribution is 7.99. The van der Waals surface area contributed by atoms with Gasteiger partial charge in [0.2, 0.25) is 5.82 Å². The average Bonchev–Trinajstić information content (AvgIpc) is 3.68. The highest BCUT2D eigenvalue weighted by Crippen LogP contribution is 2.42. The van der Waals surface area contributed by atoms with Crippen LogP contribution < -0.4 is 0 Å². The Balaban J connectivity index is 1.51. The van der Waals surface area contributed by atoms with Gasteiger partial charge in [0.1, 0.15) is 10.9 Å². The quantitative estimate of drug-likeness (QED) is 0.123. The number of amides is 2. The molecule has 212 valence electrons. The second-order valence-corrected chi connectivity index (χ2v) is 11.3. The fourth-order valence-electron chi connectivity index (χ4n) is 4.75. The Kier molecular flexibility index (Phi) is 8.74. The van der Waals surface area contributed by atoms with Gasteiger partial charge in [-0.25, -0.2) is 22.0 Å². The van der Waals surface area contributed by atoms with E-state index >= 15 is 0 Å². The first kappa shape index (κ1) is 28.8. The summed E-state index contributed by atoms with van der Waals surface area (Å²) in [4.78, 5) is 30.0. The molecule has 3 aromatic carbocycles. The number of carbonyl (C=O) groups is 2. The largest absolute Gasteiger partial charge is 0.336 e. The molecule has 5 rings (SSSR count). The molecule has 1 aromatic heterocycles. The van der Waals surface area contributed by atoms with Crippen LogP contribution in [-0.4, -0.2) is 46.5 Å². The van der Waals surface area contributed by atoms with Crippen molar-refractivity contribution in [2.24, 2.45) is 0 Å². The van der Waals surface area contributed by atoms with Crippen molar-refractivity contribution < 1.29 is 31.5 Å². The van der Waals surface area contributed by atoms with Gasteiger partial charge < -0.3 is 9.80 Å². The molecule has 1 saturated heterocycles. The van der Waals surface area contributed by atoms with E-state index in [1.54, 1.807) is 35.2 Å². The van der Waals surface area contributed by atoms with Crippen LogP contribution in [0.15, 0.2) is 77.5 Å². The summed E-state index contributed by atoms with van der Waals surface area (Å²) in [6, 6.07) is 19.0. The molecule has 0 saturated carbocycles. The average molecular weight is 603 g/mol. The molecule has 0 N–H and O–H groups in total. The lowest BCUT2D eigenvalue weighted by molar-refractivity contribution is 0.0578. The monoisotopic (exact) mass is 602 g/mol. The number of hydrogen-bond acceptors (Lipinski definition) is 4. The molecule has 1 aliphatic heterocycles. The molecule has 1 aliphatic rings. The standard InChI is InChI=1S/C30H23F5N2O2S2/c31-23-22(24(32)26(34)27(35)25(23)33)29(39)36(13-11-18-12-14-40-16-18)15-21-17-41-30(20-9-5-2-6-10-20)37(21)28(38)19-7-3-1-4-8-19/h1-10,12,14,16,21,30H,11,13,15,17H2/t21-,30?/m1/s1. The molecule has 2 atom stereocenters. The number of benzene rings is 3. The van der Waals surface area contributed by atoms with Gasteiger partial charge in [0.05, 0.1) is 6.04 Å². The molecule has 0 aliphatic carbocycles. The minimum Gasteiger partial charge on any atom is -0.336 e. The second kappa shape index (κ2) is 12.4. The van der Waals surface area contributed by atoms with E-state index < -0.39 is 52.0 Å². The van der Waals surface area contributed by atoms with Crippen LogP contribution in [0.4, 0.5) is 22.0 Å². The summed E-state index contributed by atoms with van der Waals surface area (Å²) in [6.45, 7) is -0.253. The zero-order valence-electron chi connectivity index (χ0n) is 21.4. The molecular weight excluding hydrogens is 579 g/mol. The van der Waals surface area contributed by atoms with E-state index in [0.717, 1.165) is 16.0 Å². The van der Waals surface area contributed by atoms with Crippen LogP contribution in [0.3, 0.4) is 0 Å². The fourth-order valence-corrected chi connectivity index (χ4v) is 6.90. The number of hydrogen-bond donors (Lipinski definition) is 0. The summed E-state index contributed by atoms with van der Waals surface area (Å²) in [5.74, 6) is -12.4. The normalized spacial score (nSPS) is 16.7. The van der Waals surface area contributed by atoms with Gasteiger partial charge in [0.15, 0.2) is 23.3 Å². The number of halogens is 5. The second-order valence-electron chi connectivity index (χ2n) is 9.41. The van der Waals surface area contributed by atoms with Crippen molar-refractivity contribution in [1.82, 2.24) is 9.80 Å². The van der Waals surface area contributed by atoms with Gasteiger partial charge in [-0.3, -0.25) is 9.59 Å². The van der Waals surface area contributed by atoms with E-state index in [1.807, 2.05) is 47.2 Å². The number of thiophene rings is 1. The molecular formula is C30H23F5N2O2S2. The predicted molar refractivity (Wildman–Crippen MR) is 148 cm³/mol. The van der Waals surface area contributed by atoms with Gasteiger partial charge in [0, 0.05) is 24.4 Å². The predicted octanol–water partition coefficient (Wildman–Crippen LogP) is 7.09. The Morgan fingerprint density at radius 2 is 1.44 bits per heavy atom. The fraction of sp³-hybridized carbons (Fsp3) is 0.200. The number of rotatable bonds is 8. The minimum absolute atomic E-state index is 0.0698. The maximum Gasteiger partial charge on any atom is 0.260 e. The Hall–Kier alpha value is -3.70. The lowest BCUT2D eigenvalue weighted by Gasteiger charge is -2.34. The number of nitrogens with zero attached hydrogens (tertiary/aromatic N) is 2. The Bertz CT molecular complexity index is 1510. The molecule has 0 radical (unpaired) electrons. The van der Waals surface area contributed by atoms with Crippen molar-refractivity contribution in [2.45, 2.75) is 17.8 Å². The molecule has 1 unspecified atom stereocenters. The third-order valence-corrected chi connectivity index (χ3v) is 8.95. The number of thioether (sulfide) groups is 1. The van der Waals surface area contributed by atoms with Crippen LogP contribution in [0.5, 0.6) is 0 Å². The van der Waals surface area contributed by atoms with Gasteiger partial charge in [-0.1, -0.05) is 48.5 Å². The Morgan fingerprint density at radius 3 is 2.05 bits per heavy atom. The van der Waals surface area contributed by atoms with Gasteiger partial charge in [-0.15, -0.1) is 11.8 Å². The SMILES string of the molecule is O=C(c1c(F)c(F)c(F)c(F)c1F)N(CCc1ccsc1)C[C@@H]1CSC(c2ccccc2)N1C(=O)c1ccccc1. The molecule has 0 bridgehead atoms. The third kappa shape index (κ3) is 5.87. The van der Waals surface area contributed by atoms with Gasteiger partial charge >= 0.3 is 0 Å². The minimum atomic E-state index is -2.33. The molecule has 2 amide bonds. The molecule has 4 aromatic rings. The van der Waals surface area contributed by atoms with Crippen molar-refractivity contribution in [3.05, 3.63) is 129 Å². The third-order valence-electron chi connectivity index (χ3n) is 6.83. The lowest BCUT2D eigenvalue weighted by Crippen LogP contribution is -2.48. The van der Waals surface area contributed by atoms with Crippen molar-refractivity contribution in [2.75, 3.05) is 18.8 Å². The zero-order chi connectivity index (χ0) is 29.1. The van der Waals surface area contributed by atoms with E-state index in [2.05, 4.69) is 0 Å². The molecule has 1 fully saturated rings. The van der Waals surface area contributed by atoms with Crippen LogP contribution in [0.25, 0.3) is 0 Å². The van der Waals surface area contributed by atoms with Crippen LogP contribution in [0, 0.1) is 29.1 Å². The molecule has 0 spiro atoms. The summed E-state index contributed by atoms with van der Waals surface area (Å²) in [5, 5.41) is 3.24. The number of carbonyl (C=O) groups excluding carboxylic acids is 2. The van der Waals surface area contributed by atoms with Crippen molar-refractivity contribution in [1.29, 1.82) is 0 Å². The van der Waals surface area contributed by atoms with E-state index in [-0.39, 0.29) is 25.4 Å². The first-order valence-corrected chi connectivity index (χ1v) is 14.6. The van der Waals surface area contributed by atoms with Crippen LogP contribution in [-0.2, 0) is 6.42 Å². The van der Waals surface area contributed by atoms with Gasteiger partial charge in [-0.2, -0.15) is 11.3 Å². The van der Waals surface area contributed by atoms with E-state index in [1.165, 1.54) is 23.1 Å². The summed E-state index contributed by atoms with van der Waals surface area (Å²) >= 11 is 2.88. The van der Waals surface area contributed by atoms with Crippen LogP contribution in [0.1, 0.15) is 37.2 Å². The molecule has 2 heterocycles. The maximum absolute atomic E-state index is 14.7. The van der Waals surface area contributed by atoms with Crippen molar-refractivity contribution in [3.63, 3.8) is 0 Å². The molecule has 11 heteroatoms. The maximum atomic E-state index is 14.7. The van der Waals surface area contributed by atoms with Crippen LogP contribution >= 0.6 is 23.1 Å². The summed E-state index contributed by atoms with van der Waals surface area (Å²) in [6.07, 6.45) is 0.277. The summed E-state index contributed by atoms with van der Waals surface area (Å²) < 4.78 is 71.3. The Labute approximate surface area is 241 Å². The Morgan fingerprint density at radius 1 is 0.829 bits per heavy atom. The zero-order valence-corrected chi connectivity index (χ0v) is 23.0. The lowest BCUT2D eigenvalue weighted by atomic mass is 10.1. The van der Waals surface area contributed by atoms with Gasteiger partial charge in [-0.05, 0) is 46.5 Å². The van der Waals surface area contributed by atoms with Crippen molar-refractivity contribution in [3.8, 4) is 0 Å². The van der Waals surface area contributed by atoms with E-state index in [9.17, 15) is 31.5 Å². The highest BCUT2D eigenvalue weighted by Gasteiger charge is 2.41. The molecule has 4 nitrogen and oxygen atoms in total. The van der Waals surface area contributed by atoms with E-state index in [0.29, 0.717) is 11.3 Å². The molecule has 41 heavy (non-hydrogen) atoms. The first-order chi connectivity index (χ1) is 19.8. The summed E-state index contributed by atoms with van der Waals surface area (Å²) in [7, 11) is 0. The first-order valence-electron chi connectivity index (χ1n) is 12.6. The van der Waals surface area contributed by atoms with E-state index in [4.69, 9.17) is 0 Å². The van der Waals surface area contributed by atoms with Crippen LogP contribution in [0.2, 0.25) is 0 Å². The van der Waals surface area contributed by atoms with Gasteiger partial charge in [0.25, 0.3) is 11.8 Å². The highest BCUT2D eigenvalue weighted by atomic mass is 32.2.